The largest absolute Gasteiger partial charge is 0.304 e. The fourth-order valence-electron chi connectivity index (χ4n) is 3.71. The van der Waals surface area contributed by atoms with E-state index in [1.165, 1.54) is 64.8 Å². The molecular weight excluding hydrogens is 220 g/mol. The van der Waals surface area contributed by atoms with Crippen LogP contribution in [0.1, 0.15) is 52.9 Å². The van der Waals surface area contributed by atoms with Gasteiger partial charge in [0.25, 0.3) is 0 Å². The summed E-state index contributed by atoms with van der Waals surface area (Å²) in [7, 11) is 0. The lowest BCUT2D eigenvalue weighted by Crippen LogP contribution is -2.39. The van der Waals surface area contributed by atoms with E-state index >= 15 is 0 Å². The van der Waals surface area contributed by atoms with Crippen molar-refractivity contribution in [1.29, 1.82) is 0 Å². The van der Waals surface area contributed by atoms with Crippen LogP contribution in [0.4, 0.5) is 0 Å². The number of piperidine rings is 2. The monoisotopic (exact) mass is 252 g/mol. The average Bonchev–Trinajstić information content (AvgIpc) is 2.40. The van der Waals surface area contributed by atoms with Crippen molar-refractivity contribution in [2.45, 2.75) is 58.9 Å². The maximum Gasteiger partial charge on any atom is 0.00385 e. The molecular formula is C16H32N2. The molecule has 0 unspecified atom stereocenters. The Morgan fingerprint density at radius 2 is 1.39 bits per heavy atom. The lowest BCUT2D eigenvalue weighted by atomic mass is 9.82. The van der Waals surface area contributed by atoms with E-state index in [4.69, 9.17) is 0 Å². The molecule has 0 amide bonds. The van der Waals surface area contributed by atoms with Gasteiger partial charge in [0.05, 0.1) is 0 Å². The average molecular weight is 252 g/mol. The molecule has 2 aliphatic heterocycles. The number of hydrogen-bond donors (Lipinski definition) is 0. The van der Waals surface area contributed by atoms with Gasteiger partial charge in [-0.1, -0.05) is 6.92 Å². The Labute approximate surface area is 114 Å². The van der Waals surface area contributed by atoms with Gasteiger partial charge in [-0.15, -0.1) is 0 Å². The Balaban J connectivity index is 1.66. The molecule has 2 heterocycles. The summed E-state index contributed by atoms with van der Waals surface area (Å²) in [5.41, 5.74) is 0. The van der Waals surface area contributed by atoms with E-state index in [9.17, 15) is 0 Å². The van der Waals surface area contributed by atoms with Gasteiger partial charge in [0.15, 0.2) is 0 Å². The molecule has 2 aliphatic rings. The second-order valence-electron chi connectivity index (χ2n) is 6.69. The fraction of sp³-hybridized carbons (Fsp3) is 1.00. The van der Waals surface area contributed by atoms with Gasteiger partial charge in [-0.25, -0.2) is 0 Å². The maximum absolute atomic E-state index is 2.65. The first-order chi connectivity index (χ1) is 8.69. The molecule has 0 aromatic carbocycles. The molecule has 0 bridgehead atoms. The molecule has 2 nitrogen and oxygen atoms in total. The van der Waals surface area contributed by atoms with Gasteiger partial charge in [0, 0.05) is 6.04 Å². The third-order valence-corrected chi connectivity index (χ3v) is 5.20. The zero-order chi connectivity index (χ0) is 13.0. The van der Waals surface area contributed by atoms with E-state index in [1.54, 1.807) is 0 Å². The molecule has 0 spiro atoms. The molecule has 18 heavy (non-hydrogen) atoms. The summed E-state index contributed by atoms with van der Waals surface area (Å²) in [5.74, 6) is 2.06. The summed E-state index contributed by atoms with van der Waals surface area (Å²) in [6, 6.07) is 0.749. The predicted molar refractivity (Wildman–Crippen MR) is 78.9 cm³/mol. The molecule has 0 atom stereocenters. The van der Waals surface area contributed by atoms with Crippen LogP contribution in [0.5, 0.6) is 0 Å². The van der Waals surface area contributed by atoms with Gasteiger partial charge in [0.2, 0.25) is 0 Å². The van der Waals surface area contributed by atoms with Crippen molar-refractivity contribution in [3.8, 4) is 0 Å². The Bertz CT molecular complexity index is 223. The number of likely N-dealkylation sites (tertiary alicyclic amines) is 2. The molecule has 0 aromatic rings. The second-order valence-corrected chi connectivity index (χ2v) is 6.69. The van der Waals surface area contributed by atoms with Gasteiger partial charge < -0.3 is 9.80 Å². The molecule has 2 fully saturated rings. The molecule has 0 saturated carbocycles. The normalized spacial score (nSPS) is 26.0. The first-order valence-electron chi connectivity index (χ1n) is 8.15. The second kappa shape index (κ2) is 6.91. The molecule has 2 heteroatoms. The minimum atomic E-state index is 0.749. The van der Waals surface area contributed by atoms with E-state index in [2.05, 4.69) is 30.6 Å². The first-order valence-corrected chi connectivity index (χ1v) is 8.15. The fourth-order valence-corrected chi connectivity index (χ4v) is 3.71. The number of hydrogen-bond acceptors (Lipinski definition) is 2. The topological polar surface area (TPSA) is 6.48 Å². The summed E-state index contributed by atoms with van der Waals surface area (Å²) >= 11 is 0. The highest BCUT2D eigenvalue weighted by Crippen LogP contribution is 2.30. The first kappa shape index (κ1) is 14.3. The van der Waals surface area contributed by atoms with Crippen LogP contribution in [0, 0.1) is 11.8 Å². The Morgan fingerprint density at radius 3 is 1.83 bits per heavy atom. The summed E-state index contributed by atoms with van der Waals surface area (Å²) in [6.45, 7) is 13.6. The quantitative estimate of drug-likeness (QED) is 0.758. The van der Waals surface area contributed by atoms with Crippen LogP contribution >= 0.6 is 0 Å². The van der Waals surface area contributed by atoms with Gasteiger partial charge >= 0.3 is 0 Å². The van der Waals surface area contributed by atoms with E-state index in [1.807, 2.05) is 0 Å². The van der Waals surface area contributed by atoms with E-state index in [0.29, 0.717) is 0 Å². The van der Waals surface area contributed by atoms with E-state index < -0.39 is 0 Å². The molecule has 0 aromatic heterocycles. The maximum atomic E-state index is 2.65. The van der Waals surface area contributed by atoms with E-state index in [-0.39, 0.29) is 0 Å². The highest BCUT2D eigenvalue weighted by atomic mass is 15.1. The third kappa shape index (κ3) is 3.96. The van der Waals surface area contributed by atoms with Gasteiger partial charge in [-0.2, -0.15) is 0 Å². The molecule has 2 saturated heterocycles. The SMILES string of the molecule is CCN1CCC(CC2CCN(C(C)C)CC2)CC1. The minimum absolute atomic E-state index is 0.749. The molecule has 0 N–H and O–H groups in total. The van der Waals surface area contributed by atoms with Crippen LogP contribution in [0.15, 0.2) is 0 Å². The Kier molecular flexibility index (Phi) is 5.50. The third-order valence-electron chi connectivity index (χ3n) is 5.20. The number of rotatable bonds is 4. The van der Waals surface area contributed by atoms with Crippen LogP contribution < -0.4 is 0 Å². The van der Waals surface area contributed by atoms with Crippen LogP contribution in [0.2, 0.25) is 0 Å². The van der Waals surface area contributed by atoms with Crippen molar-refractivity contribution in [1.82, 2.24) is 9.80 Å². The lowest BCUT2D eigenvalue weighted by molar-refractivity contribution is 0.118. The van der Waals surface area contributed by atoms with Crippen LogP contribution in [0.25, 0.3) is 0 Å². The van der Waals surface area contributed by atoms with Crippen molar-refractivity contribution < 1.29 is 0 Å². The predicted octanol–water partition coefficient (Wildman–Crippen LogP) is 3.23. The molecule has 0 radical (unpaired) electrons. The van der Waals surface area contributed by atoms with Crippen LogP contribution in [-0.4, -0.2) is 48.6 Å². The summed E-state index contributed by atoms with van der Waals surface area (Å²) in [5, 5.41) is 0. The zero-order valence-electron chi connectivity index (χ0n) is 12.7. The minimum Gasteiger partial charge on any atom is -0.304 e. The van der Waals surface area contributed by atoms with E-state index in [0.717, 1.165) is 17.9 Å². The summed E-state index contributed by atoms with van der Waals surface area (Å²) < 4.78 is 0. The standard InChI is InChI=1S/C16H32N2/c1-4-17-9-5-15(6-10-17)13-16-7-11-18(12-8-16)14(2)3/h14-16H,4-13H2,1-3H3. The van der Waals surface area contributed by atoms with Crippen molar-refractivity contribution in [2.24, 2.45) is 11.8 Å². The zero-order valence-corrected chi connectivity index (χ0v) is 12.7. The van der Waals surface area contributed by atoms with Crippen LogP contribution in [-0.2, 0) is 0 Å². The van der Waals surface area contributed by atoms with Crippen LogP contribution in [0.3, 0.4) is 0 Å². The Hall–Kier alpha value is -0.0800. The van der Waals surface area contributed by atoms with Crippen molar-refractivity contribution in [3.05, 3.63) is 0 Å². The summed E-state index contributed by atoms with van der Waals surface area (Å²) in [6.07, 6.45) is 7.33. The molecule has 0 aliphatic carbocycles. The van der Waals surface area contributed by atoms with Crippen molar-refractivity contribution >= 4 is 0 Å². The van der Waals surface area contributed by atoms with Gasteiger partial charge in [-0.3, -0.25) is 0 Å². The van der Waals surface area contributed by atoms with Crippen molar-refractivity contribution in [3.63, 3.8) is 0 Å². The smallest absolute Gasteiger partial charge is 0.00385 e. The Morgan fingerprint density at radius 1 is 0.889 bits per heavy atom. The summed E-state index contributed by atoms with van der Waals surface area (Å²) in [4.78, 5) is 5.26. The molecule has 106 valence electrons. The lowest BCUT2D eigenvalue weighted by Gasteiger charge is -2.37. The van der Waals surface area contributed by atoms with Gasteiger partial charge in [0.1, 0.15) is 0 Å². The highest BCUT2D eigenvalue weighted by molar-refractivity contribution is 4.79. The van der Waals surface area contributed by atoms with Crippen molar-refractivity contribution in [2.75, 3.05) is 32.7 Å². The van der Waals surface area contributed by atoms with Gasteiger partial charge in [-0.05, 0) is 90.5 Å². The molecule has 2 rings (SSSR count). The highest BCUT2D eigenvalue weighted by Gasteiger charge is 2.25. The number of nitrogens with zero attached hydrogens (tertiary/aromatic N) is 2.